The highest BCUT2D eigenvalue weighted by Gasteiger charge is 2.07. The zero-order chi connectivity index (χ0) is 14.0. The predicted molar refractivity (Wildman–Crippen MR) is 73.7 cm³/mol. The second-order valence-electron chi connectivity index (χ2n) is 4.07. The maximum atomic E-state index is 13.0. The van der Waals surface area contributed by atoms with E-state index in [1.807, 2.05) is 0 Å². The van der Waals surface area contributed by atoms with Crippen LogP contribution in [0.3, 0.4) is 0 Å². The van der Waals surface area contributed by atoms with Gasteiger partial charge in [-0.1, -0.05) is 11.6 Å². The number of halogens is 2. The van der Waals surface area contributed by atoms with Crippen molar-refractivity contribution < 1.29 is 9.13 Å². The van der Waals surface area contributed by atoms with Crippen LogP contribution in [0.1, 0.15) is 11.1 Å². The second-order valence-corrected chi connectivity index (χ2v) is 4.47. The molecule has 0 bridgehead atoms. The summed E-state index contributed by atoms with van der Waals surface area (Å²) in [5.41, 5.74) is 6.51. The van der Waals surface area contributed by atoms with Gasteiger partial charge in [0.1, 0.15) is 23.2 Å². The molecule has 3 nitrogen and oxygen atoms in total. The van der Waals surface area contributed by atoms with Crippen molar-refractivity contribution in [1.29, 1.82) is 5.41 Å². The van der Waals surface area contributed by atoms with Gasteiger partial charge in [0.2, 0.25) is 0 Å². The largest absolute Gasteiger partial charge is 0.457 e. The van der Waals surface area contributed by atoms with Crippen LogP contribution in [0, 0.1) is 18.2 Å². The van der Waals surface area contributed by atoms with Crippen molar-refractivity contribution in [2.45, 2.75) is 6.92 Å². The molecule has 2 rings (SSSR count). The lowest BCUT2D eigenvalue weighted by atomic mass is 10.2. The average molecular weight is 279 g/mol. The maximum absolute atomic E-state index is 13.0. The lowest BCUT2D eigenvalue weighted by Crippen LogP contribution is -2.11. The van der Waals surface area contributed by atoms with Crippen molar-refractivity contribution >= 4 is 17.4 Å². The van der Waals surface area contributed by atoms with Gasteiger partial charge in [-0.3, -0.25) is 5.41 Å². The maximum Gasteiger partial charge on any atom is 0.130 e. The number of nitrogens with one attached hydrogen (secondary N) is 1. The summed E-state index contributed by atoms with van der Waals surface area (Å²) in [5, 5.41) is 7.67. The fourth-order valence-corrected chi connectivity index (χ4v) is 1.90. The topological polar surface area (TPSA) is 59.1 Å². The van der Waals surface area contributed by atoms with Gasteiger partial charge in [-0.15, -0.1) is 0 Å². The summed E-state index contributed by atoms with van der Waals surface area (Å²) >= 11 is 5.99. The SMILES string of the molecule is Cc1cc(F)ccc1Oc1ccc(C(=N)N)c(Cl)c1. The number of nitrogens with two attached hydrogens (primary N) is 1. The molecular weight excluding hydrogens is 267 g/mol. The molecule has 0 heterocycles. The third-order valence-corrected chi connectivity index (χ3v) is 2.91. The first-order valence-electron chi connectivity index (χ1n) is 5.55. The van der Waals surface area contributed by atoms with Gasteiger partial charge in [0.05, 0.1) is 5.02 Å². The van der Waals surface area contributed by atoms with E-state index in [-0.39, 0.29) is 11.7 Å². The number of ether oxygens (including phenoxy) is 1. The van der Waals surface area contributed by atoms with Crippen LogP contribution in [-0.2, 0) is 0 Å². The Morgan fingerprint density at radius 3 is 2.58 bits per heavy atom. The summed E-state index contributed by atoms with van der Waals surface area (Å²) in [6.07, 6.45) is 0. The first-order chi connectivity index (χ1) is 8.97. The smallest absolute Gasteiger partial charge is 0.130 e. The normalized spacial score (nSPS) is 10.3. The summed E-state index contributed by atoms with van der Waals surface area (Å²) in [4.78, 5) is 0. The van der Waals surface area contributed by atoms with E-state index < -0.39 is 0 Å². The molecular formula is C14H12ClFN2O. The average Bonchev–Trinajstić information content (AvgIpc) is 2.32. The Hall–Kier alpha value is -2.07. The lowest BCUT2D eigenvalue weighted by Gasteiger charge is -2.10. The zero-order valence-electron chi connectivity index (χ0n) is 10.2. The van der Waals surface area contributed by atoms with Gasteiger partial charge in [0.15, 0.2) is 0 Å². The number of hydrogen-bond donors (Lipinski definition) is 2. The van der Waals surface area contributed by atoms with Crippen molar-refractivity contribution in [2.24, 2.45) is 5.73 Å². The monoisotopic (exact) mass is 278 g/mol. The van der Waals surface area contributed by atoms with Gasteiger partial charge in [0, 0.05) is 11.6 Å². The predicted octanol–water partition coefficient (Wildman–Crippen LogP) is 3.86. The molecule has 19 heavy (non-hydrogen) atoms. The highest BCUT2D eigenvalue weighted by atomic mass is 35.5. The summed E-state index contributed by atoms with van der Waals surface area (Å²) in [6.45, 7) is 1.75. The molecule has 0 saturated carbocycles. The summed E-state index contributed by atoms with van der Waals surface area (Å²) < 4.78 is 18.6. The van der Waals surface area contributed by atoms with Crippen LogP contribution in [-0.4, -0.2) is 5.84 Å². The third-order valence-electron chi connectivity index (χ3n) is 2.60. The van der Waals surface area contributed by atoms with E-state index in [1.165, 1.54) is 12.1 Å². The summed E-state index contributed by atoms with van der Waals surface area (Å²) in [5.74, 6) is 0.641. The Kier molecular flexibility index (Phi) is 3.71. The van der Waals surface area contributed by atoms with E-state index in [0.29, 0.717) is 27.6 Å². The lowest BCUT2D eigenvalue weighted by molar-refractivity contribution is 0.476. The molecule has 0 aromatic heterocycles. The first-order valence-corrected chi connectivity index (χ1v) is 5.93. The van der Waals surface area contributed by atoms with Crippen LogP contribution >= 0.6 is 11.6 Å². The summed E-state index contributed by atoms with van der Waals surface area (Å²) in [6, 6.07) is 9.11. The highest BCUT2D eigenvalue weighted by molar-refractivity contribution is 6.34. The fourth-order valence-electron chi connectivity index (χ4n) is 1.63. The fraction of sp³-hybridized carbons (Fsp3) is 0.0714. The van der Waals surface area contributed by atoms with Crippen LogP contribution in [0.5, 0.6) is 11.5 Å². The van der Waals surface area contributed by atoms with Gasteiger partial charge in [0.25, 0.3) is 0 Å². The number of rotatable bonds is 3. The van der Waals surface area contributed by atoms with E-state index in [1.54, 1.807) is 31.2 Å². The molecule has 0 aliphatic rings. The molecule has 0 aliphatic heterocycles. The molecule has 0 atom stereocenters. The Morgan fingerprint density at radius 2 is 2.00 bits per heavy atom. The molecule has 0 radical (unpaired) electrons. The van der Waals surface area contributed by atoms with E-state index in [0.717, 1.165) is 0 Å². The van der Waals surface area contributed by atoms with E-state index >= 15 is 0 Å². The summed E-state index contributed by atoms with van der Waals surface area (Å²) in [7, 11) is 0. The third kappa shape index (κ3) is 3.03. The number of amidine groups is 1. The van der Waals surface area contributed by atoms with Crippen molar-refractivity contribution in [3.63, 3.8) is 0 Å². The Bertz CT molecular complexity index is 643. The number of aryl methyl sites for hydroxylation is 1. The molecule has 0 fully saturated rings. The van der Waals surface area contributed by atoms with Gasteiger partial charge >= 0.3 is 0 Å². The number of hydrogen-bond acceptors (Lipinski definition) is 2. The van der Waals surface area contributed by atoms with Crippen molar-refractivity contribution in [3.8, 4) is 11.5 Å². The Labute approximate surface area is 115 Å². The van der Waals surface area contributed by atoms with Crippen molar-refractivity contribution in [2.75, 3.05) is 0 Å². The van der Waals surface area contributed by atoms with E-state index in [2.05, 4.69) is 0 Å². The molecule has 98 valence electrons. The highest BCUT2D eigenvalue weighted by Crippen LogP contribution is 2.28. The molecule has 5 heteroatoms. The second kappa shape index (κ2) is 5.28. The minimum absolute atomic E-state index is 0.102. The van der Waals surface area contributed by atoms with Gasteiger partial charge in [-0.2, -0.15) is 0 Å². The number of nitrogen functional groups attached to an aromatic ring is 1. The quantitative estimate of drug-likeness (QED) is 0.661. The molecule has 0 amide bonds. The molecule has 0 saturated heterocycles. The zero-order valence-corrected chi connectivity index (χ0v) is 11.0. The van der Waals surface area contributed by atoms with Crippen LogP contribution in [0.4, 0.5) is 4.39 Å². The number of benzene rings is 2. The Balaban J connectivity index is 2.29. The molecule has 2 aromatic rings. The van der Waals surface area contributed by atoms with Crippen LogP contribution in [0.2, 0.25) is 5.02 Å². The van der Waals surface area contributed by atoms with Gasteiger partial charge in [-0.05, 0) is 42.8 Å². The standard InChI is InChI=1S/C14H12ClFN2O/c1-8-6-9(16)2-5-13(8)19-10-3-4-11(14(17)18)12(15)7-10/h2-7H,1H3,(H3,17,18). The minimum atomic E-state index is -0.310. The van der Waals surface area contributed by atoms with Crippen molar-refractivity contribution in [3.05, 3.63) is 58.4 Å². The molecule has 0 spiro atoms. The molecule has 0 unspecified atom stereocenters. The Morgan fingerprint density at radius 1 is 1.26 bits per heavy atom. The van der Waals surface area contributed by atoms with E-state index in [9.17, 15) is 4.39 Å². The van der Waals surface area contributed by atoms with E-state index in [4.69, 9.17) is 27.5 Å². The van der Waals surface area contributed by atoms with Crippen LogP contribution in [0.15, 0.2) is 36.4 Å². The van der Waals surface area contributed by atoms with Crippen molar-refractivity contribution in [1.82, 2.24) is 0 Å². The molecule has 3 N–H and O–H groups in total. The van der Waals surface area contributed by atoms with Crippen LogP contribution in [0.25, 0.3) is 0 Å². The van der Waals surface area contributed by atoms with Gasteiger partial charge in [-0.25, -0.2) is 4.39 Å². The van der Waals surface area contributed by atoms with Gasteiger partial charge < -0.3 is 10.5 Å². The van der Waals surface area contributed by atoms with Crippen LogP contribution < -0.4 is 10.5 Å². The minimum Gasteiger partial charge on any atom is -0.457 e. The first kappa shape index (κ1) is 13.4. The molecule has 0 aliphatic carbocycles. The molecule has 2 aromatic carbocycles.